The summed E-state index contributed by atoms with van der Waals surface area (Å²) < 4.78 is 40.2. The Morgan fingerprint density at radius 2 is 2.00 bits per heavy atom. The zero-order valence-electron chi connectivity index (χ0n) is 14.4. The molecule has 136 valence electrons. The van der Waals surface area contributed by atoms with Crippen molar-refractivity contribution in [2.75, 3.05) is 5.32 Å². The lowest BCUT2D eigenvalue weighted by atomic mass is 9.98. The summed E-state index contributed by atoms with van der Waals surface area (Å²) in [6.07, 6.45) is -4.26. The summed E-state index contributed by atoms with van der Waals surface area (Å²) in [7, 11) is 1.81. The molecular formula is C17H20F3N3O2. The van der Waals surface area contributed by atoms with Crippen molar-refractivity contribution < 1.29 is 23.1 Å². The van der Waals surface area contributed by atoms with Crippen molar-refractivity contribution in [2.45, 2.75) is 33.4 Å². The van der Waals surface area contributed by atoms with Crippen molar-refractivity contribution in [3.8, 4) is 5.75 Å². The Labute approximate surface area is 143 Å². The number of hydrogen-bond acceptors (Lipinski definition) is 3. The summed E-state index contributed by atoms with van der Waals surface area (Å²) >= 11 is 0. The molecule has 1 atom stereocenters. The lowest BCUT2D eigenvalue weighted by molar-refractivity contribution is -0.138. The molecule has 0 saturated heterocycles. The van der Waals surface area contributed by atoms with Gasteiger partial charge in [0.1, 0.15) is 5.75 Å². The molecule has 0 saturated carbocycles. The molecule has 1 aromatic carbocycles. The first kappa shape index (κ1) is 18.8. The van der Waals surface area contributed by atoms with Crippen LogP contribution in [0.1, 0.15) is 29.4 Å². The molecular weight excluding hydrogens is 335 g/mol. The maximum absolute atomic E-state index is 12.8. The van der Waals surface area contributed by atoms with Crippen LogP contribution in [-0.2, 0) is 24.4 Å². The predicted octanol–water partition coefficient (Wildman–Crippen LogP) is 3.58. The maximum atomic E-state index is 12.8. The van der Waals surface area contributed by atoms with Gasteiger partial charge in [-0.1, -0.05) is 6.92 Å². The minimum absolute atomic E-state index is 0.0124. The number of benzene rings is 1. The highest BCUT2D eigenvalue weighted by molar-refractivity contribution is 5.92. The SMILES string of the molecule is Cc1nn(C)c(C)c1C[C@H](C)C(=O)Nc1ccc(O)c(C(F)(F)F)c1. The summed E-state index contributed by atoms with van der Waals surface area (Å²) in [6, 6.07) is 2.87. The van der Waals surface area contributed by atoms with E-state index in [2.05, 4.69) is 10.4 Å². The number of aromatic nitrogens is 2. The van der Waals surface area contributed by atoms with Crippen molar-refractivity contribution in [1.29, 1.82) is 0 Å². The van der Waals surface area contributed by atoms with Gasteiger partial charge in [0.15, 0.2) is 0 Å². The number of nitrogens with zero attached hydrogens (tertiary/aromatic N) is 2. The molecule has 0 aliphatic heterocycles. The van der Waals surface area contributed by atoms with Gasteiger partial charge in [0.25, 0.3) is 0 Å². The van der Waals surface area contributed by atoms with Crippen LogP contribution in [0.25, 0.3) is 0 Å². The molecule has 2 N–H and O–H groups in total. The van der Waals surface area contributed by atoms with Crippen molar-refractivity contribution in [3.05, 3.63) is 40.7 Å². The van der Waals surface area contributed by atoms with E-state index >= 15 is 0 Å². The van der Waals surface area contributed by atoms with Gasteiger partial charge in [-0.25, -0.2) is 0 Å². The van der Waals surface area contributed by atoms with E-state index in [4.69, 9.17) is 0 Å². The minimum Gasteiger partial charge on any atom is -0.507 e. The van der Waals surface area contributed by atoms with E-state index in [-0.39, 0.29) is 5.69 Å². The fourth-order valence-electron chi connectivity index (χ4n) is 2.62. The van der Waals surface area contributed by atoms with Crippen LogP contribution < -0.4 is 5.32 Å². The van der Waals surface area contributed by atoms with E-state index in [9.17, 15) is 23.1 Å². The molecule has 2 aromatic rings. The number of carbonyl (C=O) groups excluding carboxylic acids is 1. The topological polar surface area (TPSA) is 67.2 Å². The van der Waals surface area contributed by atoms with Gasteiger partial charge >= 0.3 is 6.18 Å². The molecule has 1 amide bonds. The number of carbonyl (C=O) groups is 1. The monoisotopic (exact) mass is 355 g/mol. The van der Waals surface area contributed by atoms with Crippen molar-refractivity contribution in [2.24, 2.45) is 13.0 Å². The van der Waals surface area contributed by atoms with Gasteiger partial charge in [0.05, 0.1) is 11.3 Å². The Bertz CT molecular complexity index is 797. The Balaban J connectivity index is 2.14. The highest BCUT2D eigenvalue weighted by Crippen LogP contribution is 2.37. The first-order valence-electron chi connectivity index (χ1n) is 7.70. The largest absolute Gasteiger partial charge is 0.507 e. The molecule has 1 aromatic heterocycles. The summed E-state index contributed by atoms with van der Waals surface area (Å²) in [5.41, 5.74) is 1.52. The number of anilines is 1. The molecule has 0 spiro atoms. The first-order valence-corrected chi connectivity index (χ1v) is 7.70. The number of aryl methyl sites for hydroxylation is 2. The molecule has 8 heteroatoms. The fourth-order valence-corrected chi connectivity index (χ4v) is 2.62. The van der Waals surface area contributed by atoms with E-state index in [1.807, 2.05) is 20.9 Å². The third-order valence-corrected chi connectivity index (χ3v) is 4.19. The average molecular weight is 355 g/mol. The van der Waals surface area contributed by atoms with Crippen molar-refractivity contribution in [1.82, 2.24) is 9.78 Å². The molecule has 2 rings (SSSR count). The number of alkyl halides is 3. The summed E-state index contributed by atoms with van der Waals surface area (Å²) in [5, 5.41) is 16.1. The van der Waals surface area contributed by atoms with Gasteiger partial charge < -0.3 is 10.4 Å². The first-order chi connectivity index (χ1) is 11.5. The highest BCUT2D eigenvalue weighted by Gasteiger charge is 2.34. The second kappa shape index (κ2) is 6.78. The van der Waals surface area contributed by atoms with E-state index in [1.165, 1.54) is 6.07 Å². The Morgan fingerprint density at radius 1 is 1.36 bits per heavy atom. The smallest absolute Gasteiger partial charge is 0.420 e. The molecule has 0 bridgehead atoms. The summed E-state index contributed by atoms with van der Waals surface area (Å²) in [5.74, 6) is -1.73. The number of rotatable bonds is 4. The molecule has 0 radical (unpaired) electrons. The highest BCUT2D eigenvalue weighted by atomic mass is 19.4. The second-order valence-corrected chi connectivity index (χ2v) is 6.10. The van der Waals surface area contributed by atoms with Gasteiger partial charge in [0, 0.05) is 24.3 Å². The van der Waals surface area contributed by atoms with Crippen LogP contribution in [0.2, 0.25) is 0 Å². The normalized spacial score (nSPS) is 12.9. The van der Waals surface area contributed by atoms with Crippen LogP contribution >= 0.6 is 0 Å². The lowest BCUT2D eigenvalue weighted by Gasteiger charge is -2.15. The van der Waals surface area contributed by atoms with E-state index in [1.54, 1.807) is 11.6 Å². The summed E-state index contributed by atoms with van der Waals surface area (Å²) in [6.45, 7) is 5.45. The van der Waals surface area contributed by atoms with Gasteiger partial charge in [-0.05, 0) is 44.0 Å². The van der Waals surface area contributed by atoms with Crippen LogP contribution in [0.4, 0.5) is 18.9 Å². The van der Waals surface area contributed by atoms with E-state index in [0.29, 0.717) is 6.42 Å². The van der Waals surface area contributed by atoms with E-state index in [0.717, 1.165) is 29.1 Å². The number of nitrogens with one attached hydrogen (secondary N) is 1. The zero-order chi connectivity index (χ0) is 18.9. The third-order valence-electron chi connectivity index (χ3n) is 4.19. The molecule has 25 heavy (non-hydrogen) atoms. The molecule has 0 aliphatic rings. The Hall–Kier alpha value is -2.51. The Kier molecular flexibility index (Phi) is 5.10. The number of phenols is 1. The van der Waals surface area contributed by atoms with Crippen LogP contribution in [-0.4, -0.2) is 20.8 Å². The summed E-state index contributed by atoms with van der Waals surface area (Å²) in [4.78, 5) is 12.3. The zero-order valence-corrected chi connectivity index (χ0v) is 14.4. The molecule has 0 unspecified atom stereocenters. The van der Waals surface area contributed by atoms with Crippen molar-refractivity contribution >= 4 is 11.6 Å². The van der Waals surface area contributed by atoms with Crippen LogP contribution in [0, 0.1) is 19.8 Å². The molecule has 1 heterocycles. The number of aromatic hydroxyl groups is 1. The molecule has 0 fully saturated rings. The molecule has 0 aliphatic carbocycles. The van der Waals surface area contributed by atoms with Gasteiger partial charge in [-0.2, -0.15) is 18.3 Å². The maximum Gasteiger partial charge on any atom is 0.420 e. The quantitative estimate of drug-likeness (QED) is 0.824. The lowest BCUT2D eigenvalue weighted by Crippen LogP contribution is -2.23. The Morgan fingerprint density at radius 3 is 2.52 bits per heavy atom. The van der Waals surface area contributed by atoms with Gasteiger partial charge in [0.2, 0.25) is 5.91 Å². The fraction of sp³-hybridized carbons (Fsp3) is 0.412. The minimum atomic E-state index is -4.69. The van der Waals surface area contributed by atoms with Crippen LogP contribution in [0.15, 0.2) is 18.2 Å². The number of phenolic OH excluding ortho intramolecular Hbond substituents is 1. The van der Waals surface area contributed by atoms with Gasteiger partial charge in [-0.3, -0.25) is 9.48 Å². The predicted molar refractivity (Wildman–Crippen MR) is 87.3 cm³/mol. The van der Waals surface area contributed by atoms with Crippen molar-refractivity contribution in [3.63, 3.8) is 0 Å². The van der Waals surface area contributed by atoms with Crippen LogP contribution in [0.5, 0.6) is 5.75 Å². The number of hydrogen-bond donors (Lipinski definition) is 2. The standard InChI is InChI=1S/C17H20F3N3O2/c1-9(7-13-10(2)22-23(4)11(13)3)16(25)21-12-5-6-15(24)14(8-12)17(18,19)20/h5-6,8-9,24H,7H2,1-4H3,(H,21,25)/t9-/m0/s1. The average Bonchev–Trinajstić information content (AvgIpc) is 2.74. The van der Waals surface area contributed by atoms with Crippen LogP contribution in [0.3, 0.4) is 0 Å². The second-order valence-electron chi connectivity index (χ2n) is 6.10. The van der Waals surface area contributed by atoms with Gasteiger partial charge in [-0.15, -0.1) is 0 Å². The third kappa shape index (κ3) is 4.12. The number of halogens is 3. The number of amides is 1. The molecule has 5 nitrogen and oxygen atoms in total. The van der Waals surface area contributed by atoms with E-state index < -0.39 is 29.3 Å².